The van der Waals surface area contributed by atoms with Gasteiger partial charge in [0, 0.05) is 7.05 Å². The van der Waals surface area contributed by atoms with E-state index in [1.807, 2.05) is 6.92 Å². The molecule has 0 radical (unpaired) electrons. The van der Waals surface area contributed by atoms with Gasteiger partial charge in [-0.05, 0) is 19.7 Å². The first kappa shape index (κ1) is 10.6. The molecular weight excluding hydrogens is 155 g/mol. The van der Waals surface area contributed by atoms with Gasteiger partial charge in [-0.1, -0.05) is 12.7 Å². The van der Waals surface area contributed by atoms with Crippen LogP contribution in [0.25, 0.3) is 0 Å². The predicted molar refractivity (Wildman–Crippen MR) is 50.7 cm³/mol. The number of halogens is 1. The molecule has 0 saturated heterocycles. The van der Waals surface area contributed by atoms with Crippen molar-refractivity contribution in [1.82, 2.24) is 5.32 Å². The number of nitrogens with zero attached hydrogens (tertiary/aromatic N) is 1. The van der Waals surface area contributed by atoms with E-state index in [-0.39, 0.29) is 5.70 Å². The monoisotopic (exact) mass is 168 g/mol. The van der Waals surface area contributed by atoms with Gasteiger partial charge in [0.25, 0.3) is 0 Å². The maximum Gasteiger partial charge on any atom is 0.143 e. The molecule has 0 aliphatic heterocycles. The zero-order chi connectivity index (χ0) is 9.56. The lowest BCUT2D eigenvalue weighted by Crippen LogP contribution is -2.06. The zero-order valence-corrected chi connectivity index (χ0v) is 7.39. The summed E-state index contributed by atoms with van der Waals surface area (Å²) in [6, 6.07) is 0. The molecule has 0 saturated carbocycles. The minimum absolute atomic E-state index is 0.149. The lowest BCUT2D eigenvalue weighted by Gasteiger charge is -2.04. The largest absolute Gasteiger partial charge is 0.386 e. The fraction of sp³-hybridized carbons (Fsp3) is 0.222. The highest BCUT2D eigenvalue weighted by Crippen LogP contribution is 2.14. The average molecular weight is 168 g/mol. The second-order valence-corrected chi connectivity index (χ2v) is 2.08. The Morgan fingerprint density at radius 2 is 2.17 bits per heavy atom. The Morgan fingerprint density at radius 1 is 1.58 bits per heavy atom. The van der Waals surface area contributed by atoms with Crippen molar-refractivity contribution in [3.63, 3.8) is 0 Å². The van der Waals surface area contributed by atoms with E-state index in [4.69, 9.17) is 0 Å². The topological polar surface area (TPSA) is 24.4 Å². The molecule has 0 aliphatic rings. The molecule has 0 amide bonds. The van der Waals surface area contributed by atoms with Gasteiger partial charge in [0.15, 0.2) is 0 Å². The van der Waals surface area contributed by atoms with Crippen LogP contribution in [-0.2, 0) is 0 Å². The Hall–Kier alpha value is -1.38. The minimum atomic E-state index is -0.590. The molecule has 0 spiro atoms. The molecule has 0 bridgehead atoms. The lowest BCUT2D eigenvalue weighted by atomic mass is 10.3. The number of allylic oxidation sites excluding steroid dienone is 3. The van der Waals surface area contributed by atoms with Gasteiger partial charge < -0.3 is 5.32 Å². The SMILES string of the molecule is C=N/C(C(=C)F)=C(/C=C\C)NC. The summed E-state index contributed by atoms with van der Waals surface area (Å²) in [5.74, 6) is -0.590. The first-order valence-electron chi connectivity index (χ1n) is 3.53. The quantitative estimate of drug-likeness (QED) is 0.505. The van der Waals surface area contributed by atoms with E-state index in [2.05, 4.69) is 23.6 Å². The Labute approximate surface area is 72.2 Å². The van der Waals surface area contributed by atoms with Gasteiger partial charge in [0.05, 0.1) is 5.70 Å². The maximum atomic E-state index is 12.7. The van der Waals surface area contributed by atoms with Crippen LogP contribution in [0.3, 0.4) is 0 Å². The molecule has 0 aliphatic carbocycles. The van der Waals surface area contributed by atoms with Crippen LogP contribution in [0.2, 0.25) is 0 Å². The number of aliphatic imine (C=N–C) groups is 1. The molecule has 2 nitrogen and oxygen atoms in total. The van der Waals surface area contributed by atoms with Crippen LogP contribution < -0.4 is 5.32 Å². The van der Waals surface area contributed by atoms with Crippen molar-refractivity contribution in [2.24, 2.45) is 4.99 Å². The summed E-state index contributed by atoms with van der Waals surface area (Å²) in [4.78, 5) is 3.52. The van der Waals surface area contributed by atoms with E-state index in [9.17, 15) is 4.39 Å². The van der Waals surface area contributed by atoms with E-state index in [0.717, 1.165) is 0 Å². The minimum Gasteiger partial charge on any atom is -0.386 e. The zero-order valence-electron chi connectivity index (χ0n) is 7.39. The van der Waals surface area contributed by atoms with Crippen LogP contribution in [0.15, 0.2) is 40.9 Å². The first-order valence-corrected chi connectivity index (χ1v) is 3.53. The molecule has 0 aromatic rings. The summed E-state index contributed by atoms with van der Waals surface area (Å²) in [5.41, 5.74) is 0.718. The second-order valence-electron chi connectivity index (χ2n) is 2.08. The van der Waals surface area contributed by atoms with E-state index >= 15 is 0 Å². The third-order valence-corrected chi connectivity index (χ3v) is 1.27. The number of hydrogen-bond donors (Lipinski definition) is 1. The van der Waals surface area contributed by atoms with Crippen molar-refractivity contribution >= 4 is 6.72 Å². The Bertz CT molecular complexity index is 239. The smallest absolute Gasteiger partial charge is 0.143 e. The highest BCUT2D eigenvalue weighted by molar-refractivity contribution is 5.40. The van der Waals surface area contributed by atoms with Crippen LogP contribution in [0.4, 0.5) is 4.39 Å². The fourth-order valence-corrected chi connectivity index (χ4v) is 0.764. The third kappa shape index (κ3) is 2.70. The summed E-state index contributed by atoms with van der Waals surface area (Å²) in [6.45, 7) is 8.23. The molecule has 12 heavy (non-hydrogen) atoms. The van der Waals surface area contributed by atoms with Gasteiger partial charge in [-0.2, -0.15) is 0 Å². The molecule has 0 fully saturated rings. The van der Waals surface area contributed by atoms with Crippen LogP contribution in [0.1, 0.15) is 6.92 Å². The van der Waals surface area contributed by atoms with Gasteiger partial charge in [0.2, 0.25) is 0 Å². The standard InChI is InChI=1S/C9H13FN2/c1-5-6-8(11-3)9(12-4)7(2)10/h5-6,11H,2,4H2,1,3H3/b6-5-,9-8-. The number of nitrogens with one attached hydrogen (secondary N) is 1. The first-order chi connectivity index (χ1) is 5.67. The van der Waals surface area contributed by atoms with Gasteiger partial charge in [0.1, 0.15) is 11.5 Å². The van der Waals surface area contributed by atoms with E-state index in [1.54, 1.807) is 19.2 Å². The summed E-state index contributed by atoms with van der Waals surface area (Å²) in [7, 11) is 1.68. The van der Waals surface area contributed by atoms with Crippen molar-refractivity contribution in [2.45, 2.75) is 6.92 Å². The number of rotatable bonds is 4. The second kappa shape index (κ2) is 5.29. The lowest BCUT2D eigenvalue weighted by molar-refractivity contribution is 0.649. The predicted octanol–water partition coefficient (Wildman–Crippen LogP) is 2.18. The Morgan fingerprint density at radius 3 is 2.42 bits per heavy atom. The molecule has 3 heteroatoms. The number of likely N-dealkylation sites (N-methyl/N-ethyl adjacent to an activating group) is 1. The maximum absolute atomic E-state index is 12.7. The molecule has 0 aromatic carbocycles. The van der Waals surface area contributed by atoms with Gasteiger partial charge in [-0.15, -0.1) is 0 Å². The molecule has 0 atom stereocenters. The van der Waals surface area contributed by atoms with Crippen LogP contribution >= 0.6 is 0 Å². The van der Waals surface area contributed by atoms with Crippen molar-refractivity contribution in [1.29, 1.82) is 0 Å². The Balaban J connectivity index is 5.00. The Kier molecular flexibility index (Phi) is 4.69. The van der Waals surface area contributed by atoms with Crippen molar-refractivity contribution in [3.05, 3.63) is 36.0 Å². The molecule has 0 unspecified atom stereocenters. The van der Waals surface area contributed by atoms with Crippen molar-refractivity contribution in [3.8, 4) is 0 Å². The van der Waals surface area contributed by atoms with Gasteiger partial charge >= 0.3 is 0 Å². The molecule has 0 aromatic heterocycles. The van der Waals surface area contributed by atoms with Crippen LogP contribution in [-0.4, -0.2) is 13.8 Å². The summed E-state index contributed by atoms with van der Waals surface area (Å²) >= 11 is 0. The third-order valence-electron chi connectivity index (χ3n) is 1.27. The molecule has 66 valence electrons. The molecule has 0 heterocycles. The highest BCUT2D eigenvalue weighted by atomic mass is 19.1. The summed E-state index contributed by atoms with van der Waals surface area (Å²) in [6.07, 6.45) is 3.48. The van der Waals surface area contributed by atoms with E-state index in [1.165, 1.54) is 0 Å². The fourth-order valence-electron chi connectivity index (χ4n) is 0.764. The van der Waals surface area contributed by atoms with Crippen molar-refractivity contribution in [2.75, 3.05) is 7.05 Å². The van der Waals surface area contributed by atoms with Crippen molar-refractivity contribution < 1.29 is 4.39 Å². The van der Waals surface area contributed by atoms with Crippen LogP contribution in [0, 0.1) is 0 Å². The van der Waals surface area contributed by atoms with Crippen LogP contribution in [0.5, 0.6) is 0 Å². The van der Waals surface area contributed by atoms with E-state index < -0.39 is 5.83 Å². The molecule has 1 N–H and O–H groups in total. The van der Waals surface area contributed by atoms with Gasteiger partial charge in [-0.25, -0.2) is 4.39 Å². The summed E-state index contributed by atoms with van der Waals surface area (Å²) < 4.78 is 12.7. The normalized spacial score (nSPS) is 12.6. The molecule has 0 rings (SSSR count). The van der Waals surface area contributed by atoms with Gasteiger partial charge in [-0.3, -0.25) is 4.99 Å². The number of hydrogen-bond acceptors (Lipinski definition) is 2. The average Bonchev–Trinajstić information content (AvgIpc) is 2.03. The highest BCUT2D eigenvalue weighted by Gasteiger charge is 2.03. The summed E-state index contributed by atoms with van der Waals surface area (Å²) in [5, 5.41) is 2.79. The molecular formula is C9H13FN2. The van der Waals surface area contributed by atoms with E-state index in [0.29, 0.717) is 5.70 Å².